The summed E-state index contributed by atoms with van der Waals surface area (Å²) < 4.78 is 0. The number of halogens is 1. The van der Waals surface area contributed by atoms with Crippen molar-refractivity contribution in [2.45, 2.75) is 51.5 Å². The van der Waals surface area contributed by atoms with Gasteiger partial charge in [0.05, 0.1) is 0 Å². The van der Waals surface area contributed by atoms with E-state index in [0.29, 0.717) is 5.88 Å². The Hall–Kier alpha value is -0.240. The van der Waals surface area contributed by atoms with Crippen LogP contribution in [-0.2, 0) is 4.79 Å². The van der Waals surface area contributed by atoms with Crippen LogP contribution >= 0.6 is 11.6 Å². The van der Waals surface area contributed by atoms with Gasteiger partial charge in [-0.25, -0.2) is 0 Å². The molecular weight excluding hydrogens is 198 g/mol. The predicted octanol–water partition coefficient (Wildman–Crippen LogP) is 2.70. The highest BCUT2D eigenvalue weighted by Crippen LogP contribution is 2.24. The lowest BCUT2D eigenvalue weighted by Crippen LogP contribution is -2.36. The molecule has 0 aliphatic heterocycles. The van der Waals surface area contributed by atoms with Crippen molar-refractivity contribution in [2.24, 2.45) is 5.92 Å². The topological polar surface area (TPSA) is 29.1 Å². The Morgan fingerprint density at radius 2 is 2.14 bits per heavy atom. The summed E-state index contributed by atoms with van der Waals surface area (Å²) >= 11 is 5.60. The summed E-state index contributed by atoms with van der Waals surface area (Å²) in [5.41, 5.74) is 0. The molecule has 1 fully saturated rings. The standard InChI is InChI=1S/C11H20ClNO/c1-9(5-4-8-12)13-11(14)10-6-2-3-7-10/h9-10H,2-8H2,1H3,(H,13,14). The molecule has 0 aromatic rings. The third kappa shape index (κ3) is 3.87. The van der Waals surface area contributed by atoms with Gasteiger partial charge in [0.2, 0.25) is 5.91 Å². The van der Waals surface area contributed by atoms with Crippen LogP contribution in [0.15, 0.2) is 0 Å². The second kappa shape index (κ2) is 6.28. The van der Waals surface area contributed by atoms with Crippen LogP contribution in [0.2, 0.25) is 0 Å². The molecule has 0 aromatic heterocycles. The summed E-state index contributed by atoms with van der Waals surface area (Å²) in [6.07, 6.45) is 6.56. The third-order valence-corrected chi connectivity index (χ3v) is 3.15. The Morgan fingerprint density at radius 1 is 1.50 bits per heavy atom. The number of carbonyl (C=O) groups excluding carboxylic acids is 1. The van der Waals surface area contributed by atoms with Crippen molar-refractivity contribution in [3.8, 4) is 0 Å². The van der Waals surface area contributed by atoms with E-state index in [-0.39, 0.29) is 17.9 Å². The Balaban J connectivity index is 2.18. The van der Waals surface area contributed by atoms with E-state index in [1.807, 2.05) is 0 Å². The van der Waals surface area contributed by atoms with Crippen molar-refractivity contribution in [2.75, 3.05) is 5.88 Å². The average molecular weight is 218 g/mol. The molecule has 1 aliphatic carbocycles. The van der Waals surface area contributed by atoms with Crippen molar-refractivity contribution in [3.63, 3.8) is 0 Å². The lowest BCUT2D eigenvalue weighted by Gasteiger charge is -2.16. The molecule has 2 nitrogen and oxygen atoms in total. The smallest absolute Gasteiger partial charge is 0.223 e. The molecule has 0 radical (unpaired) electrons. The molecule has 14 heavy (non-hydrogen) atoms. The van der Waals surface area contributed by atoms with Gasteiger partial charge in [0, 0.05) is 17.8 Å². The van der Waals surface area contributed by atoms with Crippen molar-refractivity contribution in [1.82, 2.24) is 5.32 Å². The highest BCUT2D eigenvalue weighted by atomic mass is 35.5. The van der Waals surface area contributed by atoms with E-state index in [4.69, 9.17) is 11.6 Å². The molecule has 0 spiro atoms. The van der Waals surface area contributed by atoms with E-state index < -0.39 is 0 Å². The van der Waals surface area contributed by atoms with Gasteiger partial charge < -0.3 is 5.32 Å². The summed E-state index contributed by atoms with van der Waals surface area (Å²) in [4.78, 5) is 11.7. The fraction of sp³-hybridized carbons (Fsp3) is 0.909. The largest absolute Gasteiger partial charge is 0.353 e. The Labute approximate surface area is 91.4 Å². The molecule has 1 rings (SSSR count). The Kier molecular flexibility index (Phi) is 5.31. The zero-order valence-electron chi connectivity index (χ0n) is 8.89. The predicted molar refractivity (Wildman–Crippen MR) is 59.5 cm³/mol. The van der Waals surface area contributed by atoms with Crippen LogP contribution in [0.25, 0.3) is 0 Å². The quantitative estimate of drug-likeness (QED) is 0.705. The number of hydrogen-bond donors (Lipinski definition) is 1. The number of carbonyl (C=O) groups is 1. The third-order valence-electron chi connectivity index (χ3n) is 2.89. The van der Waals surface area contributed by atoms with Crippen LogP contribution in [0.4, 0.5) is 0 Å². The van der Waals surface area contributed by atoms with Crippen LogP contribution in [0, 0.1) is 5.92 Å². The van der Waals surface area contributed by atoms with Gasteiger partial charge >= 0.3 is 0 Å². The maximum absolute atomic E-state index is 11.7. The highest BCUT2D eigenvalue weighted by molar-refractivity contribution is 6.17. The Morgan fingerprint density at radius 3 is 2.71 bits per heavy atom. The minimum atomic E-state index is 0.254. The molecule has 0 bridgehead atoms. The van der Waals surface area contributed by atoms with E-state index in [2.05, 4.69) is 12.2 Å². The summed E-state index contributed by atoms with van der Waals surface area (Å²) in [6, 6.07) is 0.279. The lowest BCUT2D eigenvalue weighted by molar-refractivity contribution is -0.125. The van der Waals surface area contributed by atoms with Crippen molar-refractivity contribution >= 4 is 17.5 Å². The van der Waals surface area contributed by atoms with Gasteiger partial charge in [-0.05, 0) is 32.6 Å². The van der Waals surface area contributed by atoms with Crippen LogP contribution in [0.1, 0.15) is 45.4 Å². The zero-order valence-corrected chi connectivity index (χ0v) is 9.65. The molecule has 82 valence electrons. The second-order valence-electron chi connectivity index (χ2n) is 4.22. The molecule has 1 N–H and O–H groups in total. The molecule has 0 saturated heterocycles. The minimum absolute atomic E-state index is 0.254. The molecule has 0 heterocycles. The van der Waals surface area contributed by atoms with Gasteiger partial charge in [-0.15, -0.1) is 11.6 Å². The number of amides is 1. The zero-order chi connectivity index (χ0) is 10.4. The minimum Gasteiger partial charge on any atom is -0.353 e. The number of nitrogens with one attached hydrogen (secondary N) is 1. The summed E-state index contributed by atoms with van der Waals surface area (Å²) in [6.45, 7) is 2.05. The first-order chi connectivity index (χ1) is 6.74. The maximum Gasteiger partial charge on any atom is 0.223 e. The van der Waals surface area contributed by atoms with Gasteiger partial charge in [-0.2, -0.15) is 0 Å². The normalized spacial score (nSPS) is 19.6. The molecule has 0 aromatic carbocycles. The first kappa shape index (κ1) is 11.8. The van der Waals surface area contributed by atoms with Crippen LogP contribution in [0.3, 0.4) is 0 Å². The number of hydrogen-bond acceptors (Lipinski definition) is 1. The van der Waals surface area contributed by atoms with Crippen molar-refractivity contribution in [1.29, 1.82) is 0 Å². The molecule has 1 atom stereocenters. The summed E-state index contributed by atoms with van der Waals surface area (Å²) in [7, 11) is 0. The fourth-order valence-electron chi connectivity index (χ4n) is 2.00. The SMILES string of the molecule is CC(CCCCl)NC(=O)C1CCCC1. The van der Waals surface area contributed by atoms with E-state index in [9.17, 15) is 4.79 Å². The molecule has 1 amide bonds. The van der Waals surface area contributed by atoms with Crippen LogP contribution < -0.4 is 5.32 Å². The van der Waals surface area contributed by atoms with E-state index >= 15 is 0 Å². The lowest BCUT2D eigenvalue weighted by atomic mass is 10.1. The fourth-order valence-corrected chi connectivity index (χ4v) is 2.16. The highest BCUT2D eigenvalue weighted by Gasteiger charge is 2.23. The molecule has 1 aliphatic rings. The second-order valence-corrected chi connectivity index (χ2v) is 4.60. The van der Waals surface area contributed by atoms with Gasteiger partial charge in [0.1, 0.15) is 0 Å². The monoisotopic (exact) mass is 217 g/mol. The Bertz CT molecular complexity index is 178. The van der Waals surface area contributed by atoms with Gasteiger partial charge in [0.25, 0.3) is 0 Å². The maximum atomic E-state index is 11.7. The van der Waals surface area contributed by atoms with Gasteiger partial charge in [0.15, 0.2) is 0 Å². The van der Waals surface area contributed by atoms with Gasteiger partial charge in [-0.1, -0.05) is 12.8 Å². The average Bonchev–Trinajstić information content (AvgIpc) is 2.67. The first-order valence-corrected chi connectivity index (χ1v) is 6.14. The molecular formula is C11H20ClNO. The molecule has 1 saturated carbocycles. The number of alkyl halides is 1. The molecule has 1 unspecified atom stereocenters. The molecule has 3 heteroatoms. The summed E-state index contributed by atoms with van der Waals surface area (Å²) in [5, 5.41) is 3.06. The van der Waals surface area contributed by atoms with Gasteiger partial charge in [-0.3, -0.25) is 4.79 Å². The van der Waals surface area contributed by atoms with E-state index in [1.165, 1.54) is 12.8 Å². The number of rotatable bonds is 5. The van der Waals surface area contributed by atoms with Crippen LogP contribution in [-0.4, -0.2) is 17.8 Å². The van der Waals surface area contributed by atoms with E-state index in [0.717, 1.165) is 25.7 Å². The summed E-state index contributed by atoms with van der Waals surface area (Å²) in [5.74, 6) is 1.22. The van der Waals surface area contributed by atoms with Crippen molar-refractivity contribution < 1.29 is 4.79 Å². The van der Waals surface area contributed by atoms with Crippen LogP contribution in [0.5, 0.6) is 0 Å². The first-order valence-electron chi connectivity index (χ1n) is 5.60. The van der Waals surface area contributed by atoms with E-state index in [1.54, 1.807) is 0 Å². The van der Waals surface area contributed by atoms with Crippen molar-refractivity contribution in [3.05, 3.63) is 0 Å².